The Morgan fingerprint density at radius 2 is 2.00 bits per heavy atom. The number of aromatic nitrogens is 1. The standard InChI is InChI=1S/C28H40FNO6S/c1-5-19-25(33)16(2)8-6-9-27(4)23(36-27)13-21(20(29)12-18-15-37-17(3)30-18)35-24(32)14-22(31)28(26(19)34)10-7-11-28/h12,15-16,19,21-23,25,31,33H,5-11,13-14H2,1-4H3/t16-,19+,21-,22-,23?,25-,27?/m0/s1. The molecule has 2 unspecified atom stereocenters. The van der Waals surface area contributed by atoms with E-state index in [4.69, 9.17) is 9.47 Å². The lowest BCUT2D eigenvalue weighted by Crippen LogP contribution is -2.53. The van der Waals surface area contributed by atoms with Crippen LogP contribution in [0.1, 0.15) is 89.3 Å². The minimum atomic E-state index is -1.25. The van der Waals surface area contributed by atoms with E-state index in [9.17, 15) is 19.8 Å². The van der Waals surface area contributed by atoms with Gasteiger partial charge in [-0.1, -0.05) is 26.7 Å². The molecule has 1 saturated carbocycles. The number of epoxide rings is 1. The molecule has 7 nitrogen and oxygen atoms in total. The number of cyclic esters (lactones) is 1. The second-order valence-electron chi connectivity index (χ2n) is 11.4. The molecule has 3 fully saturated rings. The summed E-state index contributed by atoms with van der Waals surface area (Å²) < 4.78 is 26.9. The van der Waals surface area contributed by atoms with Crippen LogP contribution >= 0.6 is 11.3 Å². The third-order valence-corrected chi connectivity index (χ3v) is 9.60. The van der Waals surface area contributed by atoms with Gasteiger partial charge in [0.15, 0.2) is 6.10 Å². The lowest BCUT2D eigenvalue weighted by molar-refractivity contribution is -0.162. The molecular formula is C28H40FNO6S. The first-order valence-corrected chi connectivity index (χ1v) is 14.4. The van der Waals surface area contributed by atoms with E-state index in [0.717, 1.165) is 30.7 Å². The third-order valence-electron chi connectivity index (χ3n) is 8.81. The zero-order chi connectivity index (χ0) is 27.0. The maximum atomic E-state index is 15.4. The average molecular weight is 538 g/mol. The summed E-state index contributed by atoms with van der Waals surface area (Å²) >= 11 is 1.40. The summed E-state index contributed by atoms with van der Waals surface area (Å²) in [5.41, 5.74) is -1.07. The molecule has 4 rings (SSSR count). The number of rotatable bonds is 3. The first-order chi connectivity index (χ1) is 17.5. The van der Waals surface area contributed by atoms with Crippen LogP contribution in [-0.2, 0) is 19.1 Å². The van der Waals surface area contributed by atoms with E-state index in [2.05, 4.69) is 4.98 Å². The van der Waals surface area contributed by atoms with Crippen LogP contribution in [0.15, 0.2) is 11.2 Å². The van der Waals surface area contributed by atoms with Crippen LogP contribution in [0.5, 0.6) is 0 Å². The lowest BCUT2D eigenvalue weighted by Gasteiger charge is -2.46. The molecule has 2 N–H and O–H groups in total. The number of hydrogen-bond donors (Lipinski definition) is 2. The van der Waals surface area contributed by atoms with Crippen molar-refractivity contribution in [2.45, 2.75) is 115 Å². The number of aryl methyl sites for hydroxylation is 1. The molecule has 1 aromatic heterocycles. The van der Waals surface area contributed by atoms with E-state index in [1.807, 2.05) is 27.7 Å². The van der Waals surface area contributed by atoms with Gasteiger partial charge in [-0.3, -0.25) is 9.59 Å². The molecule has 3 heterocycles. The Morgan fingerprint density at radius 3 is 2.59 bits per heavy atom. The van der Waals surface area contributed by atoms with E-state index in [0.29, 0.717) is 25.0 Å². The van der Waals surface area contributed by atoms with Crippen LogP contribution in [0.2, 0.25) is 0 Å². The molecule has 7 atom stereocenters. The van der Waals surface area contributed by atoms with Crippen molar-refractivity contribution in [1.82, 2.24) is 4.98 Å². The Hall–Kier alpha value is -1.68. The third kappa shape index (κ3) is 6.00. The van der Waals surface area contributed by atoms with Gasteiger partial charge in [-0.15, -0.1) is 11.3 Å². The summed E-state index contributed by atoms with van der Waals surface area (Å²) in [5.74, 6) is -2.26. The molecule has 206 valence electrons. The summed E-state index contributed by atoms with van der Waals surface area (Å²) in [6.07, 6.45) is 1.91. The highest BCUT2D eigenvalue weighted by Gasteiger charge is 2.55. The van der Waals surface area contributed by atoms with Crippen LogP contribution in [-0.4, -0.2) is 57.0 Å². The van der Waals surface area contributed by atoms with Gasteiger partial charge in [0, 0.05) is 17.7 Å². The summed E-state index contributed by atoms with van der Waals surface area (Å²) in [4.78, 5) is 30.9. The van der Waals surface area contributed by atoms with E-state index < -0.39 is 53.5 Å². The Morgan fingerprint density at radius 1 is 1.27 bits per heavy atom. The number of ketones is 1. The van der Waals surface area contributed by atoms with Crippen molar-refractivity contribution in [3.63, 3.8) is 0 Å². The number of thiazole rings is 1. The van der Waals surface area contributed by atoms with Crippen molar-refractivity contribution < 1.29 is 33.7 Å². The predicted molar refractivity (Wildman–Crippen MR) is 138 cm³/mol. The number of aliphatic hydroxyl groups is 2. The van der Waals surface area contributed by atoms with E-state index in [1.165, 1.54) is 17.4 Å². The molecule has 0 amide bonds. The smallest absolute Gasteiger partial charge is 0.309 e. The molecule has 1 aliphatic carbocycles. The maximum absolute atomic E-state index is 15.4. The molecule has 0 aromatic carbocycles. The van der Waals surface area contributed by atoms with E-state index in [1.54, 1.807) is 5.38 Å². The van der Waals surface area contributed by atoms with E-state index >= 15 is 4.39 Å². The molecular weight excluding hydrogens is 497 g/mol. The van der Waals surface area contributed by atoms with Gasteiger partial charge in [0.2, 0.25) is 0 Å². The SMILES string of the molecule is CC[C@H]1C(=O)C2(CCC2)[C@@H](O)CC(=O)O[C@H](C(F)=Cc2csc(C)n2)CC2OC2(C)CCC[C@H](C)[C@@H]1O. The van der Waals surface area contributed by atoms with Crippen LogP contribution in [0.3, 0.4) is 0 Å². The number of carbonyl (C=O) groups excluding carboxylic acids is 2. The second kappa shape index (κ2) is 11.2. The zero-order valence-electron chi connectivity index (χ0n) is 22.2. The monoisotopic (exact) mass is 537 g/mol. The molecule has 3 aliphatic rings. The number of halogens is 1. The van der Waals surface area contributed by atoms with Crippen LogP contribution < -0.4 is 0 Å². The van der Waals surface area contributed by atoms with Crippen molar-refractivity contribution in [3.05, 3.63) is 21.9 Å². The lowest BCUT2D eigenvalue weighted by atomic mass is 9.58. The molecule has 0 radical (unpaired) electrons. The molecule has 0 bridgehead atoms. The highest BCUT2D eigenvalue weighted by Crippen LogP contribution is 2.49. The Labute approximate surface area is 222 Å². The molecule has 1 spiro atoms. The number of hydrogen-bond acceptors (Lipinski definition) is 8. The number of nitrogens with zero attached hydrogens (tertiary/aromatic N) is 1. The number of ether oxygens (including phenoxy) is 2. The van der Waals surface area contributed by atoms with Crippen LogP contribution in [0.25, 0.3) is 6.08 Å². The quantitative estimate of drug-likeness (QED) is 0.416. The van der Waals surface area contributed by atoms with Crippen molar-refractivity contribution >= 4 is 29.2 Å². The minimum absolute atomic E-state index is 0.100. The number of aliphatic hydroxyl groups excluding tert-OH is 2. The van der Waals surface area contributed by atoms with E-state index in [-0.39, 0.29) is 24.2 Å². The number of esters is 1. The van der Waals surface area contributed by atoms with Gasteiger partial charge in [0.05, 0.1) is 46.5 Å². The normalized spacial score (nSPS) is 37.5. The largest absolute Gasteiger partial charge is 0.455 e. The van der Waals surface area contributed by atoms with Crippen LogP contribution in [0, 0.1) is 24.2 Å². The van der Waals surface area contributed by atoms with Crippen molar-refractivity contribution in [1.29, 1.82) is 0 Å². The Bertz CT molecular complexity index is 1020. The highest BCUT2D eigenvalue weighted by molar-refractivity contribution is 7.09. The average Bonchev–Trinajstić information content (AvgIpc) is 3.24. The topological polar surface area (TPSA) is 109 Å². The Kier molecular flexibility index (Phi) is 8.58. The zero-order valence-corrected chi connectivity index (χ0v) is 23.1. The fourth-order valence-corrected chi connectivity index (χ4v) is 6.63. The van der Waals surface area contributed by atoms with Gasteiger partial charge >= 0.3 is 5.97 Å². The summed E-state index contributed by atoms with van der Waals surface area (Å²) in [6.45, 7) is 7.62. The van der Waals surface area contributed by atoms with Gasteiger partial charge < -0.3 is 19.7 Å². The maximum Gasteiger partial charge on any atom is 0.309 e. The molecule has 2 saturated heterocycles. The first-order valence-electron chi connectivity index (χ1n) is 13.6. The predicted octanol–water partition coefficient (Wildman–Crippen LogP) is 4.92. The van der Waals surface area contributed by atoms with Crippen molar-refractivity contribution in [2.24, 2.45) is 17.3 Å². The second-order valence-corrected chi connectivity index (χ2v) is 12.5. The summed E-state index contributed by atoms with van der Waals surface area (Å²) in [5, 5.41) is 24.7. The number of Topliss-reactive ketones (excluding diaryl/α,β-unsaturated/α-hetero) is 1. The van der Waals surface area contributed by atoms with Crippen LogP contribution in [0.4, 0.5) is 4.39 Å². The van der Waals surface area contributed by atoms with Gasteiger partial charge in [-0.05, 0) is 57.9 Å². The summed E-state index contributed by atoms with van der Waals surface area (Å²) in [6, 6.07) is 0. The van der Waals surface area contributed by atoms with Gasteiger partial charge in [0.25, 0.3) is 0 Å². The fourth-order valence-electron chi connectivity index (χ4n) is 6.06. The Balaban J connectivity index is 1.59. The number of fused-ring (bicyclic) bond motifs is 1. The van der Waals surface area contributed by atoms with Gasteiger partial charge in [0.1, 0.15) is 11.6 Å². The molecule has 9 heteroatoms. The highest BCUT2D eigenvalue weighted by atomic mass is 32.1. The van der Waals surface area contributed by atoms with Crippen molar-refractivity contribution in [2.75, 3.05) is 0 Å². The molecule has 2 aliphatic heterocycles. The van der Waals surface area contributed by atoms with Gasteiger partial charge in [-0.2, -0.15) is 0 Å². The summed E-state index contributed by atoms with van der Waals surface area (Å²) in [7, 11) is 0. The molecule has 37 heavy (non-hydrogen) atoms. The molecule has 1 aromatic rings. The van der Waals surface area contributed by atoms with Gasteiger partial charge in [-0.25, -0.2) is 9.37 Å². The fraction of sp³-hybridized carbons (Fsp3) is 0.750. The van der Waals surface area contributed by atoms with Crippen molar-refractivity contribution in [3.8, 4) is 0 Å². The first kappa shape index (κ1) is 28.3. The minimum Gasteiger partial charge on any atom is -0.455 e. The number of carbonyl (C=O) groups is 2.